The summed E-state index contributed by atoms with van der Waals surface area (Å²) >= 11 is 3.44. The van der Waals surface area contributed by atoms with Gasteiger partial charge in [-0.3, -0.25) is 0 Å². The van der Waals surface area contributed by atoms with E-state index in [1.807, 2.05) is 13.8 Å². The largest absolute Gasteiger partial charge is 0.496 e. The van der Waals surface area contributed by atoms with E-state index in [4.69, 9.17) is 23.7 Å². The summed E-state index contributed by atoms with van der Waals surface area (Å²) in [6, 6.07) is 0. The van der Waals surface area contributed by atoms with Gasteiger partial charge in [-0.05, 0) is 32.8 Å². The van der Waals surface area contributed by atoms with E-state index < -0.39 is 6.29 Å². The van der Waals surface area contributed by atoms with E-state index in [0.29, 0.717) is 23.5 Å². The topological polar surface area (TPSA) is 63.2 Å². The van der Waals surface area contributed by atoms with Crippen LogP contribution in [-0.4, -0.2) is 38.6 Å². The van der Waals surface area contributed by atoms with Crippen LogP contribution in [-0.2, 0) is 27.2 Å². The van der Waals surface area contributed by atoms with E-state index in [2.05, 4.69) is 22.0 Å². The molecule has 0 saturated carbocycles. The summed E-state index contributed by atoms with van der Waals surface area (Å²) in [5.74, 6) is 0.769. The average molecular weight is 429 g/mol. The monoisotopic (exact) mass is 428 g/mol. The first kappa shape index (κ1) is 20.7. The fraction of sp³-hybridized carbons (Fsp3) is 0.526. The Kier molecular flexibility index (Phi) is 7.49. The highest BCUT2D eigenvalue weighted by Crippen LogP contribution is 2.42. The van der Waals surface area contributed by atoms with E-state index in [1.54, 1.807) is 21.1 Å². The number of rotatable bonds is 9. The molecule has 0 fully saturated rings. The van der Waals surface area contributed by atoms with Gasteiger partial charge in [0, 0.05) is 23.6 Å². The van der Waals surface area contributed by atoms with Gasteiger partial charge in [0.15, 0.2) is 13.1 Å². The van der Waals surface area contributed by atoms with Crippen LogP contribution in [0.3, 0.4) is 0 Å². The Morgan fingerprint density at radius 3 is 2.69 bits per heavy atom. The molecule has 6 nitrogen and oxygen atoms in total. The lowest BCUT2D eigenvalue weighted by Crippen LogP contribution is -2.16. The van der Waals surface area contributed by atoms with Gasteiger partial charge in [0.25, 0.3) is 0 Å². The van der Waals surface area contributed by atoms with Gasteiger partial charge in [-0.2, -0.15) is 0 Å². The highest BCUT2D eigenvalue weighted by Gasteiger charge is 2.33. The van der Waals surface area contributed by atoms with Crippen LogP contribution in [0.15, 0.2) is 11.6 Å². The number of hydrogen-bond acceptors (Lipinski definition) is 6. The van der Waals surface area contributed by atoms with Gasteiger partial charge in [-0.25, -0.2) is 4.79 Å². The highest BCUT2D eigenvalue weighted by atomic mass is 79.9. The number of alkyl halides is 1. The van der Waals surface area contributed by atoms with Crippen molar-refractivity contribution in [3.8, 4) is 11.5 Å². The number of hydrogen-bond donors (Lipinski definition) is 0. The molecular formula is C19H25BrO6. The minimum atomic E-state index is -0.415. The van der Waals surface area contributed by atoms with Crippen molar-refractivity contribution in [2.45, 2.75) is 40.1 Å². The van der Waals surface area contributed by atoms with Crippen LogP contribution >= 0.6 is 15.9 Å². The number of fused-ring (bicyclic) bond motifs is 1. The molecule has 0 aromatic heterocycles. The molecule has 0 radical (unpaired) electrons. The summed E-state index contributed by atoms with van der Waals surface area (Å²) in [6.45, 7) is 5.89. The van der Waals surface area contributed by atoms with Crippen LogP contribution in [0.25, 0.3) is 0 Å². The number of cyclic esters (lactones) is 1. The fourth-order valence-electron chi connectivity index (χ4n) is 2.76. The highest BCUT2D eigenvalue weighted by molar-refractivity contribution is 9.09. The van der Waals surface area contributed by atoms with Crippen LogP contribution in [0.1, 0.15) is 40.9 Å². The smallest absolute Gasteiger partial charge is 0.342 e. The normalized spacial score (nSPS) is 14.8. The first-order chi connectivity index (χ1) is 12.4. The van der Waals surface area contributed by atoms with Crippen molar-refractivity contribution in [1.29, 1.82) is 0 Å². The third-order valence-corrected chi connectivity index (χ3v) is 5.21. The SMILES string of the molecule is COc1c(C)c2c(c(OCOC(C)OC)c1CC=C(C)CBr)C(=O)OC2. The lowest BCUT2D eigenvalue weighted by atomic mass is 9.95. The van der Waals surface area contributed by atoms with E-state index in [1.165, 1.54) is 5.57 Å². The maximum absolute atomic E-state index is 12.3. The lowest BCUT2D eigenvalue weighted by molar-refractivity contribution is -0.149. The lowest BCUT2D eigenvalue weighted by Gasteiger charge is -2.20. The molecule has 1 heterocycles. The first-order valence-corrected chi connectivity index (χ1v) is 9.44. The number of ether oxygens (including phenoxy) is 5. The average Bonchev–Trinajstić information content (AvgIpc) is 3.03. The molecule has 1 aromatic carbocycles. The Bertz CT molecular complexity index is 698. The van der Waals surface area contributed by atoms with Crippen LogP contribution in [0, 0.1) is 6.92 Å². The number of esters is 1. The van der Waals surface area contributed by atoms with Gasteiger partial charge in [0.05, 0.1) is 7.11 Å². The Hall–Kier alpha value is -1.57. The van der Waals surface area contributed by atoms with Crippen molar-refractivity contribution in [3.63, 3.8) is 0 Å². The summed E-state index contributed by atoms with van der Waals surface area (Å²) in [6.07, 6.45) is 2.22. The molecule has 0 amide bonds. The molecule has 7 heteroatoms. The number of allylic oxidation sites excluding steroid dienone is 2. The van der Waals surface area contributed by atoms with Crippen LogP contribution < -0.4 is 9.47 Å². The number of carbonyl (C=O) groups is 1. The molecule has 0 spiro atoms. The Balaban J connectivity index is 2.49. The summed E-state index contributed by atoms with van der Waals surface area (Å²) < 4.78 is 27.2. The molecule has 0 N–H and O–H groups in total. The number of carbonyl (C=O) groups excluding carboxylic acids is 1. The van der Waals surface area contributed by atoms with E-state index in [9.17, 15) is 4.79 Å². The molecular weight excluding hydrogens is 404 g/mol. The second kappa shape index (κ2) is 9.39. The Labute approximate surface area is 162 Å². The molecule has 0 bridgehead atoms. The first-order valence-electron chi connectivity index (χ1n) is 8.32. The van der Waals surface area contributed by atoms with Crippen LogP contribution in [0.5, 0.6) is 11.5 Å². The third kappa shape index (κ3) is 4.39. The van der Waals surface area contributed by atoms with Crippen molar-refractivity contribution in [2.75, 3.05) is 26.3 Å². The van der Waals surface area contributed by atoms with Crippen molar-refractivity contribution >= 4 is 21.9 Å². The van der Waals surface area contributed by atoms with Gasteiger partial charge in [0.2, 0.25) is 0 Å². The molecule has 0 aliphatic carbocycles. The molecule has 26 heavy (non-hydrogen) atoms. The molecule has 1 unspecified atom stereocenters. The van der Waals surface area contributed by atoms with Gasteiger partial charge >= 0.3 is 5.97 Å². The molecule has 1 atom stereocenters. The molecule has 0 saturated heterocycles. The maximum Gasteiger partial charge on any atom is 0.342 e. The second-order valence-electron chi connectivity index (χ2n) is 6.02. The third-order valence-electron chi connectivity index (χ3n) is 4.33. The van der Waals surface area contributed by atoms with Gasteiger partial charge in [-0.1, -0.05) is 27.6 Å². The van der Waals surface area contributed by atoms with E-state index >= 15 is 0 Å². The Morgan fingerprint density at radius 2 is 2.08 bits per heavy atom. The predicted molar refractivity (Wildman–Crippen MR) is 101 cm³/mol. The maximum atomic E-state index is 12.3. The van der Waals surface area contributed by atoms with Crippen LogP contribution in [0.4, 0.5) is 0 Å². The van der Waals surface area contributed by atoms with E-state index in [-0.39, 0.29) is 19.4 Å². The zero-order valence-electron chi connectivity index (χ0n) is 15.8. The molecule has 1 aliphatic heterocycles. The van der Waals surface area contributed by atoms with Crippen LogP contribution in [0.2, 0.25) is 0 Å². The zero-order chi connectivity index (χ0) is 19.3. The number of halogens is 1. The van der Waals surface area contributed by atoms with Crippen molar-refractivity contribution in [1.82, 2.24) is 0 Å². The minimum Gasteiger partial charge on any atom is -0.496 e. The van der Waals surface area contributed by atoms with Crippen molar-refractivity contribution in [3.05, 3.63) is 33.9 Å². The molecule has 1 aromatic rings. The van der Waals surface area contributed by atoms with Gasteiger partial charge in [0.1, 0.15) is 23.7 Å². The number of methoxy groups -OCH3 is 2. The molecule has 2 rings (SSSR count). The standard InChI is InChI=1S/C19H25BrO6/c1-11(8-20)6-7-14-17(23-5)12(2)15-9-24-19(21)16(15)18(14)26-10-25-13(3)22-4/h6,13H,7-10H2,1-5H3. The van der Waals surface area contributed by atoms with E-state index in [0.717, 1.165) is 22.0 Å². The fourth-order valence-corrected chi connectivity index (χ4v) is 2.99. The van der Waals surface area contributed by atoms with Gasteiger partial charge < -0.3 is 23.7 Å². The molecule has 1 aliphatic rings. The molecule has 144 valence electrons. The van der Waals surface area contributed by atoms with Crippen molar-refractivity contribution < 1.29 is 28.5 Å². The minimum absolute atomic E-state index is 0.0465. The zero-order valence-corrected chi connectivity index (χ0v) is 17.4. The van der Waals surface area contributed by atoms with Gasteiger partial charge in [-0.15, -0.1) is 0 Å². The summed E-state index contributed by atoms with van der Waals surface area (Å²) in [5.41, 5.74) is 4.12. The summed E-state index contributed by atoms with van der Waals surface area (Å²) in [4.78, 5) is 12.3. The second-order valence-corrected chi connectivity index (χ2v) is 6.58. The Morgan fingerprint density at radius 1 is 1.35 bits per heavy atom. The van der Waals surface area contributed by atoms with Crippen molar-refractivity contribution in [2.24, 2.45) is 0 Å². The quantitative estimate of drug-likeness (QED) is 0.257. The summed E-state index contributed by atoms with van der Waals surface area (Å²) in [7, 11) is 3.16. The number of benzene rings is 1. The summed E-state index contributed by atoms with van der Waals surface area (Å²) in [5, 5.41) is 0.770. The predicted octanol–water partition coefficient (Wildman–Crippen LogP) is 3.90.